The van der Waals surface area contributed by atoms with Crippen LogP contribution in [0.3, 0.4) is 0 Å². The molecule has 0 rings (SSSR count). The van der Waals surface area contributed by atoms with Crippen molar-refractivity contribution in [2.45, 2.75) is 252 Å². The van der Waals surface area contributed by atoms with Gasteiger partial charge in [0, 0.05) is 19.3 Å². The topological polar surface area (TPSA) is 78.9 Å². The van der Waals surface area contributed by atoms with Crippen LogP contribution in [0.5, 0.6) is 0 Å². The van der Waals surface area contributed by atoms with E-state index in [1.807, 2.05) is 0 Å². The second kappa shape index (κ2) is 48.8. The first-order valence-electron chi connectivity index (χ1n) is 25.3. The highest BCUT2D eigenvalue weighted by Crippen LogP contribution is 2.13. The van der Waals surface area contributed by atoms with Gasteiger partial charge in [-0.25, -0.2) is 0 Å². The number of unbranched alkanes of at least 4 members (excludes halogenated alkanes) is 26. The number of carbonyl (C=O) groups excluding carboxylic acids is 3. The Bertz CT molecular complexity index is 1100. The van der Waals surface area contributed by atoms with Crippen LogP contribution in [0.1, 0.15) is 245 Å². The second-order valence-corrected chi connectivity index (χ2v) is 16.8. The van der Waals surface area contributed by atoms with Crippen molar-refractivity contribution in [3.05, 3.63) is 60.8 Å². The van der Waals surface area contributed by atoms with Crippen LogP contribution in [0.4, 0.5) is 0 Å². The minimum absolute atomic E-state index is 0.0957. The van der Waals surface area contributed by atoms with E-state index in [2.05, 4.69) is 81.5 Å². The van der Waals surface area contributed by atoms with Gasteiger partial charge in [0.15, 0.2) is 6.10 Å². The Kier molecular flexibility index (Phi) is 46.4. The first-order valence-corrected chi connectivity index (χ1v) is 25.3. The molecular formula is C54H94O6. The molecule has 1 unspecified atom stereocenters. The van der Waals surface area contributed by atoms with Crippen LogP contribution in [0.2, 0.25) is 0 Å². The minimum Gasteiger partial charge on any atom is -0.462 e. The van der Waals surface area contributed by atoms with Crippen LogP contribution in [0.15, 0.2) is 60.8 Å². The van der Waals surface area contributed by atoms with E-state index >= 15 is 0 Å². The average molecular weight is 839 g/mol. The summed E-state index contributed by atoms with van der Waals surface area (Å²) in [5.74, 6) is -0.957. The molecule has 0 aliphatic carbocycles. The minimum atomic E-state index is -0.795. The van der Waals surface area contributed by atoms with E-state index in [1.54, 1.807) is 0 Å². The smallest absolute Gasteiger partial charge is 0.306 e. The largest absolute Gasteiger partial charge is 0.462 e. The summed E-state index contributed by atoms with van der Waals surface area (Å²) in [6.45, 7) is 6.52. The summed E-state index contributed by atoms with van der Waals surface area (Å²) in [4.78, 5) is 37.8. The van der Waals surface area contributed by atoms with Gasteiger partial charge >= 0.3 is 17.9 Å². The Labute approximate surface area is 370 Å². The van der Waals surface area contributed by atoms with Crippen LogP contribution in [-0.4, -0.2) is 37.2 Å². The molecule has 0 aromatic rings. The number of hydrogen-bond donors (Lipinski definition) is 0. The van der Waals surface area contributed by atoms with Gasteiger partial charge in [-0.2, -0.15) is 0 Å². The summed E-state index contributed by atoms with van der Waals surface area (Å²) in [7, 11) is 0. The molecule has 0 aromatic heterocycles. The van der Waals surface area contributed by atoms with Gasteiger partial charge < -0.3 is 14.2 Å². The maximum absolute atomic E-state index is 12.8. The first-order chi connectivity index (χ1) is 29.5. The maximum atomic E-state index is 12.8. The summed E-state index contributed by atoms with van der Waals surface area (Å²) >= 11 is 0. The second-order valence-electron chi connectivity index (χ2n) is 16.8. The molecule has 0 spiro atoms. The van der Waals surface area contributed by atoms with Crippen LogP contribution in [0, 0.1) is 0 Å². The third-order valence-corrected chi connectivity index (χ3v) is 10.8. The van der Waals surface area contributed by atoms with E-state index < -0.39 is 6.10 Å². The first kappa shape index (κ1) is 57.1. The molecule has 6 nitrogen and oxygen atoms in total. The molecule has 0 amide bonds. The lowest BCUT2D eigenvalue weighted by atomic mass is 10.1. The van der Waals surface area contributed by atoms with E-state index in [-0.39, 0.29) is 31.1 Å². The maximum Gasteiger partial charge on any atom is 0.306 e. The van der Waals surface area contributed by atoms with Gasteiger partial charge in [0.25, 0.3) is 0 Å². The van der Waals surface area contributed by atoms with E-state index in [0.29, 0.717) is 25.7 Å². The third kappa shape index (κ3) is 46.2. The Morgan fingerprint density at radius 2 is 0.617 bits per heavy atom. The Morgan fingerprint density at radius 3 is 1.05 bits per heavy atom. The molecule has 0 heterocycles. The van der Waals surface area contributed by atoms with Crippen molar-refractivity contribution in [1.29, 1.82) is 0 Å². The van der Waals surface area contributed by atoms with Gasteiger partial charge in [0.2, 0.25) is 0 Å². The van der Waals surface area contributed by atoms with Crippen LogP contribution >= 0.6 is 0 Å². The molecular weight excluding hydrogens is 745 g/mol. The highest BCUT2D eigenvalue weighted by atomic mass is 16.6. The van der Waals surface area contributed by atoms with E-state index in [1.165, 1.54) is 116 Å². The van der Waals surface area contributed by atoms with Crippen molar-refractivity contribution in [2.75, 3.05) is 13.2 Å². The summed E-state index contributed by atoms with van der Waals surface area (Å²) < 4.78 is 16.7. The summed E-state index contributed by atoms with van der Waals surface area (Å²) in [5.41, 5.74) is 0. The number of carbonyl (C=O) groups is 3. The van der Waals surface area contributed by atoms with E-state index in [9.17, 15) is 14.4 Å². The molecule has 1 atom stereocenters. The van der Waals surface area contributed by atoms with Crippen molar-refractivity contribution >= 4 is 17.9 Å². The number of rotatable bonds is 45. The van der Waals surface area contributed by atoms with Crippen LogP contribution in [-0.2, 0) is 28.6 Å². The summed E-state index contributed by atoms with van der Waals surface area (Å²) in [6.07, 6.45) is 59.3. The predicted molar refractivity (Wildman–Crippen MR) is 256 cm³/mol. The van der Waals surface area contributed by atoms with Gasteiger partial charge in [-0.3, -0.25) is 14.4 Å². The molecule has 0 aliphatic heterocycles. The van der Waals surface area contributed by atoms with Crippen molar-refractivity contribution in [2.24, 2.45) is 0 Å². The molecule has 0 fully saturated rings. The summed E-state index contributed by atoms with van der Waals surface area (Å²) in [6, 6.07) is 0. The van der Waals surface area contributed by atoms with Crippen LogP contribution < -0.4 is 0 Å². The molecule has 0 saturated heterocycles. The standard InChI is InChI=1S/C54H94O6/c1-4-7-10-13-16-19-21-23-25-26-27-29-30-32-35-38-41-44-47-53(56)59-50-51(49-58-52(55)46-43-40-37-34-18-15-12-9-6-3)60-54(57)48-45-42-39-36-33-31-28-24-22-20-17-14-11-8-5-2/h17,20,22,24-27,29,34,37,51H,4-16,18-19,21,23,28,30-33,35-36,38-50H2,1-3H3/b20-17-,24-22-,26-25-,29-27-,37-34-. The van der Waals surface area contributed by atoms with Crippen LogP contribution in [0.25, 0.3) is 0 Å². The molecule has 6 heteroatoms. The van der Waals surface area contributed by atoms with Gasteiger partial charge in [0.1, 0.15) is 13.2 Å². The zero-order valence-corrected chi connectivity index (χ0v) is 39.5. The lowest BCUT2D eigenvalue weighted by Crippen LogP contribution is -2.30. The number of esters is 3. The normalized spacial score (nSPS) is 12.5. The van der Waals surface area contributed by atoms with Gasteiger partial charge in [-0.15, -0.1) is 0 Å². The number of hydrogen-bond acceptors (Lipinski definition) is 6. The average Bonchev–Trinajstić information content (AvgIpc) is 3.24. The number of ether oxygens (including phenoxy) is 3. The fraction of sp³-hybridized carbons (Fsp3) is 0.759. The highest BCUT2D eigenvalue weighted by Gasteiger charge is 2.19. The highest BCUT2D eigenvalue weighted by molar-refractivity contribution is 5.71. The predicted octanol–water partition coefficient (Wildman–Crippen LogP) is 16.5. The Hall–Kier alpha value is -2.89. The molecule has 0 radical (unpaired) electrons. The number of allylic oxidation sites excluding steroid dienone is 10. The van der Waals surface area contributed by atoms with Crippen molar-refractivity contribution in [3.63, 3.8) is 0 Å². The van der Waals surface area contributed by atoms with Crippen molar-refractivity contribution in [3.8, 4) is 0 Å². The third-order valence-electron chi connectivity index (χ3n) is 10.8. The van der Waals surface area contributed by atoms with Gasteiger partial charge in [0.05, 0.1) is 0 Å². The summed E-state index contributed by atoms with van der Waals surface area (Å²) in [5, 5.41) is 0. The molecule has 346 valence electrons. The fourth-order valence-electron chi connectivity index (χ4n) is 6.90. The van der Waals surface area contributed by atoms with E-state index in [0.717, 1.165) is 83.5 Å². The van der Waals surface area contributed by atoms with E-state index in [4.69, 9.17) is 14.2 Å². The SMILES string of the molecule is CCCCC/C=C\C=C/CCCCCCCCC(=O)OC(COC(=O)CCC/C=C\CCCCCC)COC(=O)CCCCCCC/C=C\C=C/CCCCCCCCC. The monoisotopic (exact) mass is 839 g/mol. The molecule has 60 heavy (non-hydrogen) atoms. The molecule has 0 aliphatic rings. The van der Waals surface area contributed by atoms with Gasteiger partial charge in [-0.1, -0.05) is 197 Å². The quantitative estimate of drug-likeness (QED) is 0.0200. The zero-order valence-electron chi connectivity index (χ0n) is 39.5. The van der Waals surface area contributed by atoms with Crippen molar-refractivity contribution < 1.29 is 28.6 Å². The van der Waals surface area contributed by atoms with Gasteiger partial charge in [-0.05, 0) is 89.9 Å². The lowest BCUT2D eigenvalue weighted by molar-refractivity contribution is -0.167. The fourth-order valence-corrected chi connectivity index (χ4v) is 6.90. The zero-order chi connectivity index (χ0) is 43.7. The Morgan fingerprint density at radius 1 is 0.333 bits per heavy atom. The van der Waals surface area contributed by atoms with Crippen molar-refractivity contribution in [1.82, 2.24) is 0 Å². The Balaban J connectivity index is 4.39. The molecule has 0 N–H and O–H groups in total. The lowest BCUT2D eigenvalue weighted by Gasteiger charge is -2.18. The molecule has 0 bridgehead atoms. The molecule has 0 aromatic carbocycles. The molecule has 0 saturated carbocycles.